The molecule has 0 saturated carbocycles. The molecule has 136 valence electrons. The molecular formula is C15H26ClN5O2S. The molecule has 2 saturated heterocycles. The van der Waals surface area contributed by atoms with Gasteiger partial charge in [0.1, 0.15) is 0 Å². The van der Waals surface area contributed by atoms with Crippen LogP contribution in [0.2, 0.25) is 0 Å². The Morgan fingerprint density at radius 3 is 2.54 bits per heavy atom. The lowest BCUT2D eigenvalue weighted by Crippen LogP contribution is -2.55. The molecule has 2 aliphatic rings. The molecular weight excluding hydrogens is 350 g/mol. The van der Waals surface area contributed by atoms with Crippen LogP contribution < -0.4 is 5.73 Å². The van der Waals surface area contributed by atoms with Crippen LogP contribution in [0.1, 0.15) is 11.8 Å². The van der Waals surface area contributed by atoms with Crippen molar-refractivity contribution in [3.8, 4) is 0 Å². The van der Waals surface area contributed by atoms with Gasteiger partial charge in [0, 0.05) is 56.9 Å². The van der Waals surface area contributed by atoms with Crippen LogP contribution in [-0.2, 0) is 16.1 Å². The first kappa shape index (κ1) is 19.4. The van der Waals surface area contributed by atoms with E-state index in [1.165, 1.54) is 4.88 Å². The predicted octanol–water partition coefficient (Wildman–Crippen LogP) is 0.512. The molecule has 2 N–H and O–H groups in total. The molecule has 0 radical (unpaired) electrons. The van der Waals surface area contributed by atoms with E-state index in [0.717, 1.165) is 45.8 Å². The zero-order valence-electron chi connectivity index (χ0n) is 14.0. The maximum Gasteiger partial charge on any atom is 0.239 e. The van der Waals surface area contributed by atoms with Gasteiger partial charge in [0.25, 0.3) is 0 Å². The molecule has 0 aromatic carbocycles. The highest BCUT2D eigenvalue weighted by molar-refractivity contribution is 7.15. The lowest BCUT2D eigenvalue weighted by atomic mass is 10.2. The minimum absolute atomic E-state index is 0. The summed E-state index contributed by atoms with van der Waals surface area (Å²) in [7, 11) is 0. The van der Waals surface area contributed by atoms with E-state index in [1.807, 2.05) is 18.0 Å². The summed E-state index contributed by atoms with van der Waals surface area (Å²) in [4.78, 5) is 24.5. The Morgan fingerprint density at radius 1 is 1.29 bits per heavy atom. The zero-order chi connectivity index (χ0) is 16.2. The molecule has 3 heterocycles. The van der Waals surface area contributed by atoms with Gasteiger partial charge in [-0.1, -0.05) is 0 Å². The van der Waals surface area contributed by atoms with Crippen LogP contribution in [0.3, 0.4) is 0 Å². The largest absolute Gasteiger partial charge is 0.378 e. The number of carbonyl (C=O) groups excluding carboxylic acids is 1. The Hall–Kier alpha value is -0.930. The normalized spacial score (nSPS) is 21.3. The highest BCUT2D eigenvalue weighted by atomic mass is 35.5. The molecule has 3 rings (SSSR count). The van der Waals surface area contributed by atoms with Crippen LogP contribution in [-0.4, -0.2) is 84.1 Å². The SMILES string of the molecule is CC(C(=O)N1CCOCC1)N1CCN(Cc2cnc(N)s2)CC1.Cl. The molecule has 1 amide bonds. The minimum atomic E-state index is -0.0469. The zero-order valence-corrected chi connectivity index (χ0v) is 15.7. The average molecular weight is 376 g/mol. The Labute approximate surface area is 153 Å². The second-order valence-electron chi connectivity index (χ2n) is 6.09. The molecule has 2 fully saturated rings. The second kappa shape index (κ2) is 8.96. The molecule has 1 aromatic rings. The van der Waals surface area contributed by atoms with Crippen molar-refractivity contribution in [1.29, 1.82) is 0 Å². The van der Waals surface area contributed by atoms with Gasteiger partial charge in [0.15, 0.2) is 5.13 Å². The Morgan fingerprint density at radius 2 is 1.96 bits per heavy atom. The molecule has 24 heavy (non-hydrogen) atoms. The van der Waals surface area contributed by atoms with Crippen molar-refractivity contribution in [3.05, 3.63) is 11.1 Å². The van der Waals surface area contributed by atoms with Crippen LogP contribution in [0.15, 0.2) is 6.20 Å². The van der Waals surface area contributed by atoms with Crippen LogP contribution in [0.4, 0.5) is 5.13 Å². The fourth-order valence-corrected chi connectivity index (χ4v) is 3.86. The van der Waals surface area contributed by atoms with Gasteiger partial charge in [-0.15, -0.1) is 23.7 Å². The summed E-state index contributed by atoms with van der Waals surface area (Å²) < 4.78 is 5.32. The average Bonchev–Trinajstić information content (AvgIpc) is 3.00. The lowest BCUT2D eigenvalue weighted by molar-refractivity contribution is -0.141. The fourth-order valence-electron chi connectivity index (χ4n) is 3.13. The number of hydrogen-bond acceptors (Lipinski definition) is 7. The first-order chi connectivity index (χ1) is 11.1. The number of piperazine rings is 1. The number of nitrogens with two attached hydrogens (primary N) is 1. The number of hydrogen-bond donors (Lipinski definition) is 1. The van der Waals surface area contributed by atoms with Gasteiger partial charge in [-0.05, 0) is 6.92 Å². The smallest absolute Gasteiger partial charge is 0.239 e. The number of thiazole rings is 1. The summed E-state index contributed by atoms with van der Waals surface area (Å²) in [6.45, 7) is 9.46. The molecule has 0 aliphatic carbocycles. The van der Waals surface area contributed by atoms with Gasteiger partial charge in [-0.3, -0.25) is 14.6 Å². The standard InChI is InChI=1S/C15H25N5O2S.ClH/c1-12(14(21)20-6-8-22-9-7-20)19-4-2-18(3-5-19)11-13-10-17-15(16)23-13;/h10,12H,2-9,11H2,1H3,(H2,16,17);1H. The third kappa shape index (κ3) is 4.80. The summed E-state index contributed by atoms with van der Waals surface area (Å²) >= 11 is 1.55. The summed E-state index contributed by atoms with van der Waals surface area (Å²) in [5.74, 6) is 0.233. The van der Waals surface area contributed by atoms with E-state index in [2.05, 4.69) is 14.8 Å². The summed E-state index contributed by atoms with van der Waals surface area (Å²) in [5.41, 5.74) is 5.68. The summed E-state index contributed by atoms with van der Waals surface area (Å²) in [6, 6.07) is -0.0469. The predicted molar refractivity (Wildman–Crippen MR) is 97.5 cm³/mol. The Bertz CT molecular complexity index is 530. The van der Waals surface area contributed by atoms with Crippen LogP contribution >= 0.6 is 23.7 Å². The third-order valence-corrected chi connectivity index (χ3v) is 5.40. The quantitative estimate of drug-likeness (QED) is 0.826. The van der Waals surface area contributed by atoms with E-state index in [4.69, 9.17) is 10.5 Å². The topological polar surface area (TPSA) is 74.9 Å². The number of aromatic nitrogens is 1. The number of carbonyl (C=O) groups is 1. The summed E-state index contributed by atoms with van der Waals surface area (Å²) in [6.07, 6.45) is 1.86. The maximum absolute atomic E-state index is 12.6. The van der Waals surface area contributed by atoms with E-state index >= 15 is 0 Å². The van der Waals surface area contributed by atoms with Crippen LogP contribution in [0, 0.1) is 0 Å². The minimum Gasteiger partial charge on any atom is -0.378 e. The molecule has 0 spiro atoms. The van der Waals surface area contributed by atoms with E-state index in [-0.39, 0.29) is 24.4 Å². The van der Waals surface area contributed by atoms with Crippen molar-refractivity contribution in [1.82, 2.24) is 19.7 Å². The van der Waals surface area contributed by atoms with E-state index < -0.39 is 0 Å². The van der Waals surface area contributed by atoms with Crippen molar-refractivity contribution in [2.45, 2.75) is 19.5 Å². The summed E-state index contributed by atoms with van der Waals surface area (Å²) in [5, 5.41) is 0.628. The van der Waals surface area contributed by atoms with Crippen LogP contribution in [0.5, 0.6) is 0 Å². The molecule has 1 atom stereocenters. The molecule has 2 aliphatic heterocycles. The number of anilines is 1. The molecule has 9 heteroatoms. The number of amides is 1. The van der Waals surface area contributed by atoms with Gasteiger partial charge in [0.2, 0.25) is 5.91 Å². The second-order valence-corrected chi connectivity index (χ2v) is 7.24. The van der Waals surface area contributed by atoms with Crippen molar-refractivity contribution in [3.63, 3.8) is 0 Å². The molecule has 0 bridgehead atoms. The van der Waals surface area contributed by atoms with E-state index in [0.29, 0.717) is 18.3 Å². The number of nitrogen functional groups attached to an aromatic ring is 1. The number of rotatable bonds is 4. The maximum atomic E-state index is 12.6. The van der Waals surface area contributed by atoms with Crippen molar-refractivity contribution >= 4 is 34.8 Å². The molecule has 7 nitrogen and oxygen atoms in total. The highest BCUT2D eigenvalue weighted by Gasteiger charge is 2.29. The van der Waals surface area contributed by atoms with Gasteiger partial charge >= 0.3 is 0 Å². The van der Waals surface area contributed by atoms with Crippen molar-refractivity contribution < 1.29 is 9.53 Å². The fraction of sp³-hybridized carbons (Fsp3) is 0.733. The van der Waals surface area contributed by atoms with Gasteiger partial charge in [0.05, 0.1) is 19.3 Å². The van der Waals surface area contributed by atoms with E-state index in [9.17, 15) is 4.79 Å². The van der Waals surface area contributed by atoms with Crippen LogP contribution in [0.25, 0.3) is 0 Å². The molecule has 1 unspecified atom stereocenters. The number of nitrogens with zero attached hydrogens (tertiary/aromatic N) is 4. The van der Waals surface area contributed by atoms with Gasteiger partial charge in [-0.25, -0.2) is 4.98 Å². The number of halogens is 1. The third-order valence-electron chi connectivity index (χ3n) is 4.59. The lowest BCUT2D eigenvalue weighted by Gasteiger charge is -2.39. The van der Waals surface area contributed by atoms with E-state index in [1.54, 1.807) is 11.3 Å². The Kier molecular flexibility index (Phi) is 7.24. The van der Waals surface area contributed by atoms with Gasteiger partial charge < -0.3 is 15.4 Å². The number of morpholine rings is 1. The first-order valence-corrected chi connectivity index (χ1v) is 8.98. The number of ether oxygens (including phenoxy) is 1. The first-order valence-electron chi connectivity index (χ1n) is 8.16. The monoisotopic (exact) mass is 375 g/mol. The van der Waals surface area contributed by atoms with Crippen molar-refractivity contribution in [2.24, 2.45) is 0 Å². The highest BCUT2D eigenvalue weighted by Crippen LogP contribution is 2.18. The Balaban J connectivity index is 0.00000208. The van der Waals surface area contributed by atoms with Gasteiger partial charge in [-0.2, -0.15) is 0 Å². The molecule has 1 aromatic heterocycles. The van der Waals surface area contributed by atoms with Crippen molar-refractivity contribution in [2.75, 3.05) is 58.2 Å².